The predicted molar refractivity (Wildman–Crippen MR) is 80.7 cm³/mol. The molecule has 2 aromatic heterocycles. The number of aromatic nitrogens is 3. The lowest BCUT2D eigenvalue weighted by Gasteiger charge is -2.16. The summed E-state index contributed by atoms with van der Waals surface area (Å²) in [6.07, 6.45) is 4.50. The summed E-state index contributed by atoms with van der Waals surface area (Å²) in [5.74, 6) is 1.02. The van der Waals surface area contributed by atoms with Crippen molar-refractivity contribution < 1.29 is 8.42 Å². The van der Waals surface area contributed by atoms with Crippen molar-refractivity contribution in [2.24, 2.45) is 0 Å². The number of hydrogen-bond acceptors (Lipinski definition) is 5. The number of nitrogens with one attached hydrogen (secondary N) is 2. The van der Waals surface area contributed by atoms with Crippen LogP contribution in [-0.2, 0) is 16.6 Å². The van der Waals surface area contributed by atoms with Crippen LogP contribution in [0.2, 0.25) is 5.02 Å². The van der Waals surface area contributed by atoms with Crippen LogP contribution in [0.1, 0.15) is 12.7 Å². The number of sulfonamides is 1. The topological polar surface area (TPSA) is 91.0 Å². The third kappa shape index (κ3) is 3.52. The molecular weight excluding hydrogens is 314 g/mol. The highest BCUT2D eigenvalue weighted by Gasteiger charge is 2.23. The van der Waals surface area contributed by atoms with Crippen molar-refractivity contribution in [3.05, 3.63) is 35.5 Å². The van der Waals surface area contributed by atoms with Gasteiger partial charge in [-0.25, -0.2) is 18.4 Å². The summed E-state index contributed by atoms with van der Waals surface area (Å²) in [7, 11) is -2.19. The van der Waals surface area contributed by atoms with E-state index in [0.717, 1.165) is 0 Å². The predicted octanol–water partition coefficient (Wildman–Crippen LogP) is 1.71. The Hall–Kier alpha value is -1.64. The van der Waals surface area contributed by atoms with Crippen LogP contribution < -0.4 is 5.32 Å². The summed E-state index contributed by atoms with van der Waals surface area (Å²) >= 11 is 6.04. The van der Waals surface area contributed by atoms with Gasteiger partial charge >= 0.3 is 0 Å². The van der Waals surface area contributed by atoms with E-state index in [1.54, 1.807) is 12.4 Å². The van der Waals surface area contributed by atoms with Gasteiger partial charge in [-0.2, -0.15) is 4.31 Å². The quantitative estimate of drug-likeness (QED) is 0.842. The van der Waals surface area contributed by atoms with E-state index in [2.05, 4.69) is 20.3 Å². The van der Waals surface area contributed by atoms with Crippen LogP contribution in [0.4, 0.5) is 5.82 Å². The second-order valence-electron chi connectivity index (χ2n) is 4.33. The van der Waals surface area contributed by atoms with Gasteiger partial charge in [-0.3, -0.25) is 0 Å². The molecule has 2 aromatic rings. The molecule has 21 heavy (non-hydrogen) atoms. The first kappa shape index (κ1) is 15.7. The normalized spacial score (nSPS) is 11.8. The van der Waals surface area contributed by atoms with Crippen LogP contribution in [-0.4, -0.2) is 41.3 Å². The molecule has 0 radical (unpaired) electrons. The first-order chi connectivity index (χ1) is 9.95. The number of nitrogens with zero attached hydrogens (tertiary/aromatic N) is 3. The Balaban J connectivity index is 2.24. The highest BCUT2D eigenvalue weighted by Crippen LogP contribution is 2.24. The molecule has 2 N–H and O–H groups in total. The van der Waals surface area contributed by atoms with E-state index in [1.807, 2.05) is 6.92 Å². The minimum absolute atomic E-state index is 0.0446. The molecule has 0 amide bonds. The average Bonchev–Trinajstić information content (AvgIpc) is 2.94. The van der Waals surface area contributed by atoms with Gasteiger partial charge in [-0.1, -0.05) is 11.6 Å². The maximum absolute atomic E-state index is 12.4. The molecule has 2 heterocycles. The smallest absolute Gasteiger partial charge is 0.244 e. The van der Waals surface area contributed by atoms with Crippen LogP contribution in [0.3, 0.4) is 0 Å². The fourth-order valence-electron chi connectivity index (χ4n) is 1.72. The van der Waals surface area contributed by atoms with Crippen LogP contribution in [0, 0.1) is 0 Å². The van der Waals surface area contributed by atoms with Gasteiger partial charge in [0.25, 0.3) is 0 Å². The Bertz CT molecular complexity index is 702. The molecule has 9 heteroatoms. The molecule has 0 bridgehead atoms. The molecule has 0 unspecified atom stereocenters. The molecule has 0 saturated carbocycles. The van der Waals surface area contributed by atoms with Gasteiger partial charge in [-0.15, -0.1) is 0 Å². The number of anilines is 1. The van der Waals surface area contributed by atoms with Crippen molar-refractivity contribution in [2.45, 2.75) is 18.4 Å². The third-order valence-electron chi connectivity index (χ3n) is 2.80. The number of imidazole rings is 1. The second kappa shape index (κ2) is 6.42. The van der Waals surface area contributed by atoms with Gasteiger partial charge in [0.05, 0.1) is 11.6 Å². The molecule has 114 valence electrons. The number of rotatable bonds is 6. The lowest BCUT2D eigenvalue weighted by atomic mass is 10.4. The lowest BCUT2D eigenvalue weighted by molar-refractivity contribution is 0.458. The second-order valence-corrected chi connectivity index (χ2v) is 6.78. The van der Waals surface area contributed by atoms with Crippen molar-refractivity contribution in [3.63, 3.8) is 0 Å². The number of pyridine rings is 1. The van der Waals surface area contributed by atoms with Crippen molar-refractivity contribution in [3.8, 4) is 0 Å². The van der Waals surface area contributed by atoms with E-state index in [1.165, 1.54) is 23.6 Å². The summed E-state index contributed by atoms with van der Waals surface area (Å²) < 4.78 is 26.1. The van der Waals surface area contributed by atoms with E-state index in [4.69, 9.17) is 11.6 Å². The third-order valence-corrected chi connectivity index (χ3v) is 4.85. The fourth-order valence-corrected chi connectivity index (χ4v) is 3.12. The molecule has 0 aliphatic carbocycles. The molecule has 0 spiro atoms. The zero-order chi connectivity index (χ0) is 15.5. The van der Waals surface area contributed by atoms with Crippen LogP contribution in [0.25, 0.3) is 0 Å². The molecule has 7 nitrogen and oxygen atoms in total. The molecule has 0 atom stereocenters. The first-order valence-electron chi connectivity index (χ1n) is 6.29. The van der Waals surface area contributed by atoms with Gasteiger partial charge in [-0.05, 0) is 13.0 Å². The molecule has 2 rings (SSSR count). The minimum Gasteiger partial charge on any atom is -0.369 e. The minimum atomic E-state index is -3.67. The lowest BCUT2D eigenvalue weighted by Crippen LogP contribution is -2.27. The Kier molecular flexibility index (Phi) is 4.81. The van der Waals surface area contributed by atoms with E-state index in [-0.39, 0.29) is 16.5 Å². The van der Waals surface area contributed by atoms with Gasteiger partial charge in [0, 0.05) is 32.2 Å². The average molecular weight is 330 g/mol. The Labute approximate surface area is 128 Å². The molecule has 0 aromatic carbocycles. The summed E-state index contributed by atoms with van der Waals surface area (Å²) in [5, 5.41) is 3.22. The number of hydrogen-bond donors (Lipinski definition) is 2. The maximum atomic E-state index is 12.4. The summed E-state index contributed by atoms with van der Waals surface area (Å²) in [5.41, 5.74) is 0. The summed E-state index contributed by atoms with van der Waals surface area (Å²) in [6.45, 7) is 2.69. The molecule has 0 saturated heterocycles. The van der Waals surface area contributed by atoms with Gasteiger partial charge < -0.3 is 10.3 Å². The van der Waals surface area contributed by atoms with Gasteiger partial charge in [0.2, 0.25) is 10.0 Å². The SMILES string of the molecule is CCNc1ncc(S(=O)(=O)N(C)Cc2ncc[nH]2)cc1Cl. The zero-order valence-electron chi connectivity index (χ0n) is 11.7. The van der Waals surface area contributed by atoms with Crippen molar-refractivity contribution >= 4 is 27.4 Å². The Morgan fingerprint density at radius 2 is 2.19 bits per heavy atom. The van der Waals surface area contributed by atoms with E-state index in [0.29, 0.717) is 18.2 Å². The monoisotopic (exact) mass is 329 g/mol. The molecule has 0 fully saturated rings. The van der Waals surface area contributed by atoms with Crippen molar-refractivity contribution in [2.75, 3.05) is 18.9 Å². The Morgan fingerprint density at radius 3 is 2.76 bits per heavy atom. The number of H-pyrrole nitrogens is 1. The molecule has 0 aliphatic heterocycles. The highest BCUT2D eigenvalue weighted by molar-refractivity contribution is 7.89. The highest BCUT2D eigenvalue weighted by atomic mass is 35.5. The van der Waals surface area contributed by atoms with Gasteiger partial charge in [0.1, 0.15) is 16.5 Å². The van der Waals surface area contributed by atoms with Crippen LogP contribution in [0.5, 0.6) is 0 Å². The van der Waals surface area contributed by atoms with E-state index in [9.17, 15) is 8.42 Å². The van der Waals surface area contributed by atoms with E-state index < -0.39 is 10.0 Å². The maximum Gasteiger partial charge on any atom is 0.244 e. The number of aromatic amines is 1. The molecule has 0 aliphatic rings. The Morgan fingerprint density at radius 1 is 1.43 bits per heavy atom. The first-order valence-corrected chi connectivity index (χ1v) is 8.11. The zero-order valence-corrected chi connectivity index (χ0v) is 13.2. The van der Waals surface area contributed by atoms with Crippen molar-refractivity contribution in [1.29, 1.82) is 0 Å². The van der Waals surface area contributed by atoms with Crippen molar-refractivity contribution in [1.82, 2.24) is 19.3 Å². The standard InChI is InChI=1S/C12H16ClN5O2S/c1-3-14-12-10(13)6-9(7-17-12)21(19,20)18(2)8-11-15-4-5-16-11/h4-7H,3,8H2,1-2H3,(H,14,17)(H,15,16). The van der Waals surface area contributed by atoms with Crippen LogP contribution in [0.15, 0.2) is 29.6 Å². The summed E-state index contributed by atoms with van der Waals surface area (Å²) in [4.78, 5) is 11.0. The van der Waals surface area contributed by atoms with Gasteiger partial charge in [0.15, 0.2) is 0 Å². The molecular formula is C12H16ClN5O2S. The summed E-state index contributed by atoms with van der Waals surface area (Å²) in [6, 6.07) is 1.39. The van der Waals surface area contributed by atoms with E-state index >= 15 is 0 Å². The number of halogens is 1. The fraction of sp³-hybridized carbons (Fsp3) is 0.333. The van der Waals surface area contributed by atoms with Crippen LogP contribution >= 0.6 is 11.6 Å². The largest absolute Gasteiger partial charge is 0.369 e.